The summed E-state index contributed by atoms with van der Waals surface area (Å²) in [6.07, 6.45) is -4.05. The van der Waals surface area contributed by atoms with E-state index in [1.807, 2.05) is 24.3 Å². The van der Waals surface area contributed by atoms with Crippen LogP contribution in [0.3, 0.4) is 0 Å². The van der Waals surface area contributed by atoms with Gasteiger partial charge in [-0.15, -0.1) is 0 Å². The van der Waals surface area contributed by atoms with Crippen LogP contribution in [0.15, 0.2) is 24.3 Å². The van der Waals surface area contributed by atoms with Gasteiger partial charge in [-0.1, -0.05) is 65.8 Å². The predicted molar refractivity (Wildman–Crippen MR) is 242 cm³/mol. The van der Waals surface area contributed by atoms with E-state index in [1.54, 1.807) is 60.5 Å². The van der Waals surface area contributed by atoms with Gasteiger partial charge in [0.1, 0.15) is 53.9 Å². The van der Waals surface area contributed by atoms with Crippen molar-refractivity contribution in [3.63, 3.8) is 0 Å². The maximum absolute atomic E-state index is 13.6. The van der Waals surface area contributed by atoms with Gasteiger partial charge < -0.3 is 67.3 Å². The molecule has 17 nitrogen and oxygen atoms in total. The Morgan fingerprint density at radius 1 is 0.892 bits per heavy atom. The highest BCUT2D eigenvalue weighted by molar-refractivity contribution is 6.73. The number of aliphatic hydroxyl groups excluding tert-OH is 2. The topological polar surface area (TPSA) is 211 Å². The maximum Gasteiger partial charge on any atom is 0.309 e. The van der Waals surface area contributed by atoms with Crippen LogP contribution in [0.25, 0.3) is 0 Å². The average molecular weight is 944 g/mol. The monoisotopic (exact) mass is 944 g/mol. The minimum absolute atomic E-state index is 0.00720. The van der Waals surface area contributed by atoms with Crippen molar-refractivity contribution in [2.45, 2.75) is 223 Å². The van der Waals surface area contributed by atoms with Crippen molar-refractivity contribution >= 4 is 26.2 Å². The van der Waals surface area contributed by atoms with Crippen LogP contribution in [-0.4, -0.2) is 171 Å². The van der Waals surface area contributed by atoms with Crippen LogP contribution in [0.4, 0.5) is 0 Å². The highest BCUT2D eigenvalue weighted by atomic mass is 28.4. The summed E-state index contributed by atoms with van der Waals surface area (Å²) in [5.74, 6) is -1.91. The fraction of sp³-hybridized carbons (Fsp3) is 0.851. The molecule has 3 saturated heterocycles. The van der Waals surface area contributed by atoms with Gasteiger partial charge in [0, 0.05) is 32.8 Å². The molecule has 1 spiro atoms. The minimum atomic E-state index is -2.18. The fourth-order valence-electron chi connectivity index (χ4n) is 9.72. The molecule has 0 radical (unpaired) electrons. The van der Waals surface area contributed by atoms with Gasteiger partial charge in [-0.3, -0.25) is 14.4 Å². The van der Waals surface area contributed by atoms with E-state index in [9.17, 15) is 29.7 Å². The number of esters is 3. The van der Waals surface area contributed by atoms with Gasteiger partial charge in [0.05, 0.1) is 37.4 Å². The largest absolute Gasteiger partial charge is 0.462 e. The highest BCUT2D eigenvalue weighted by Gasteiger charge is 2.67. The third kappa shape index (κ3) is 13.7. The third-order valence-electron chi connectivity index (χ3n) is 13.7. The zero-order chi connectivity index (χ0) is 48.4. The number of aliphatic hydroxyl groups is 3. The zero-order valence-corrected chi connectivity index (χ0v) is 42.1. The summed E-state index contributed by atoms with van der Waals surface area (Å²) >= 11 is 0. The Labute approximate surface area is 387 Å². The molecule has 4 aliphatic heterocycles. The normalized spacial score (nSPS) is 40.8. The number of carbonyl (C=O) groups excluding carboxylic acids is 3. The minimum Gasteiger partial charge on any atom is -0.462 e. The lowest BCUT2D eigenvalue weighted by atomic mass is 9.81. The van der Waals surface area contributed by atoms with Crippen molar-refractivity contribution in [1.29, 1.82) is 0 Å². The Balaban J connectivity index is 1.78. The molecule has 18 heteroatoms. The number of epoxide rings is 1. The number of cyclic esters (lactones) is 1. The van der Waals surface area contributed by atoms with Crippen LogP contribution in [0.5, 0.6) is 0 Å². The number of likely N-dealkylation sites (N-methyl/N-ethyl adjacent to an activating group) is 1. The van der Waals surface area contributed by atoms with E-state index in [0.29, 0.717) is 6.42 Å². The third-order valence-corrected chi connectivity index (χ3v) is 18.4. The Morgan fingerprint density at radius 3 is 2.09 bits per heavy atom. The van der Waals surface area contributed by atoms with E-state index in [4.69, 9.17) is 47.1 Å². The van der Waals surface area contributed by atoms with Gasteiger partial charge in [-0.2, -0.15) is 0 Å². The van der Waals surface area contributed by atoms with Crippen LogP contribution in [-0.2, 0) is 61.4 Å². The van der Waals surface area contributed by atoms with Crippen molar-refractivity contribution in [3.8, 4) is 0 Å². The van der Waals surface area contributed by atoms with Gasteiger partial charge in [-0.25, -0.2) is 0 Å². The Bertz CT molecular complexity index is 1580. The molecule has 4 aliphatic rings. The smallest absolute Gasteiger partial charge is 0.309 e. The van der Waals surface area contributed by atoms with E-state index >= 15 is 0 Å². The van der Waals surface area contributed by atoms with E-state index < -0.39 is 124 Å². The molecule has 0 saturated carbocycles. The van der Waals surface area contributed by atoms with Gasteiger partial charge in [-0.05, 0) is 72.3 Å². The lowest BCUT2D eigenvalue weighted by Gasteiger charge is -2.50. The van der Waals surface area contributed by atoms with Gasteiger partial charge in [0.15, 0.2) is 27.0 Å². The van der Waals surface area contributed by atoms with E-state index in [-0.39, 0.29) is 44.1 Å². The summed E-state index contributed by atoms with van der Waals surface area (Å²) in [6, 6.07) is 1.98. The first kappa shape index (κ1) is 55.3. The quantitative estimate of drug-likeness (QED) is 0.0827. The maximum atomic E-state index is 13.6. The second kappa shape index (κ2) is 24.3. The number of carbonyl (C=O) groups is 3. The molecule has 374 valence electrons. The van der Waals surface area contributed by atoms with Crippen LogP contribution in [0.2, 0.25) is 18.1 Å². The van der Waals surface area contributed by atoms with Crippen LogP contribution >= 0.6 is 0 Å². The number of hydrogen-bond donors (Lipinski definition) is 3. The summed E-state index contributed by atoms with van der Waals surface area (Å²) in [4.78, 5) is 40.7. The molecule has 4 rings (SSSR count). The van der Waals surface area contributed by atoms with E-state index in [2.05, 4.69) is 27.7 Å². The average Bonchev–Trinajstić information content (AvgIpc) is 3.97. The highest BCUT2D eigenvalue weighted by Crippen LogP contribution is 2.50. The molecule has 0 aromatic carbocycles. The Morgan fingerprint density at radius 2 is 1.54 bits per heavy atom. The molecule has 65 heavy (non-hydrogen) atoms. The molecular weight excluding hydrogens is 863 g/mol. The molecule has 0 aromatic heterocycles. The Kier molecular flexibility index (Phi) is 20.7. The lowest BCUT2D eigenvalue weighted by molar-refractivity contribution is -0.344. The molecule has 17 atom stereocenters. The lowest BCUT2D eigenvalue weighted by Crippen LogP contribution is -2.66. The van der Waals surface area contributed by atoms with Crippen molar-refractivity contribution in [2.24, 2.45) is 5.92 Å². The fourth-order valence-corrected chi connectivity index (χ4v) is 12.6. The number of allylic oxidation sites excluding steroid dienone is 2. The number of ether oxygens (including phenoxy) is 9. The summed E-state index contributed by atoms with van der Waals surface area (Å²) in [6.45, 7) is 18.3. The van der Waals surface area contributed by atoms with Gasteiger partial charge in [0.25, 0.3) is 0 Å². The number of hydrogen-bond acceptors (Lipinski definition) is 17. The second-order valence-corrected chi connectivity index (χ2v) is 23.5. The Hall–Kier alpha value is -2.33. The van der Waals surface area contributed by atoms with Crippen molar-refractivity contribution in [1.82, 2.24) is 4.90 Å². The molecule has 0 aliphatic carbocycles. The van der Waals surface area contributed by atoms with Crippen LogP contribution in [0, 0.1) is 5.92 Å². The molecule has 3 N–H and O–H groups in total. The molecule has 0 aromatic rings. The van der Waals surface area contributed by atoms with Crippen molar-refractivity contribution in [2.75, 3.05) is 27.8 Å². The summed E-state index contributed by atoms with van der Waals surface area (Å²) in [5.41, 5.74) is -2.81. The summed E-state index contributed by atoms with van der Waals surface area (Å²) in [5, 5.41) is 34.7. The molecular formula is C47H81NO16Si. The van der Waals surface area contributed by atoms with Crippen LogP contribution < -0.4 is 0 Å². The summed E-state index contributed by atoms with van der Waals surface area (Å²) < 4.78 is 63.4. The first-order chi connectivity index (χ1) is 30.7. The van der Waals surface area contributed by atoms with E-state index in [0.717, 1.165) is 18.1 Å². The van der Waals surface area contributed by atoms with Gasteiger partial charge in [0.2, 0.25) is 0 Å². The first-order valence-corrected chi connectivity index (χ1v) is 26.3. The SMILES string of the molecule is CCC(=O)OC1C(C)OC(OC2C(C)OC(O[C@@H]3[C@@H](OC)[C@H](OC(=O)CC)CC(=O)O[C@H](C)C/C=C/C=C/[C@H](O[Si](CC)(CC)CC)[C@H](C)C[C@@]34O[C@H]4CO)C(O)C2N(C)C)CC1(C)O. The summed E-state index contributed by atoms with van der Waals surface area (Å²) in [7, 11) is 2.80. The number of nitrogens with zero attached hydrogens (tertiary/aromatic N) is 1. The molecule has 9 unspecified atom stereocenters. The molecule has 0 amide bonds. The first-order valence-electron chi connectivity index (χ1n) is 23.8. The van der Waals surface area contributed by atoms with Crippen LogP contribution in [0.1, 0.15) is 108 Å². The predicted octanol–water partition coefficient (Wildman–Crippen LogP) is 4.72. The standard InChI is InChI=1S/C47H81NO16Si/c1-14-35(50)59-33-24-37(52)56-29(7)22-20-19-21-23-32(64-65(16-3,17-4)18-5)28(6)25-47(34(27-49)63-47)44(42(33)55-13)62-45-40(53)39(48(11)12)41(30(8)58-45)61-38-26-46(10,54)43(31(9)57-38)60-36(51)15-2/h19-21,23,28-34,38-45,49,53-54H,14-18,22,24-27H2,1-13H3/b20-19+,23-21+/t28-,29-,30?,31?,32+,33-,34+,38?,39?,40?,41?,42+,43?,44-,45?,46?,47+/m1/s1. The number of methoxy groups -OCH3 is 1. The van der Waals surface area contributed by atoms with Gasteiger partial charge >= 0.3 is 17.9 Å². The second-order valence-electron chi connectivity index (χ2n) is 18.8. The zero-order valence-electron chi connectivity index (χ0n) is 41.1. The van der Waals surface area contributed by atoms with Crippen molar-refractivity contribution < 1.29 is 76.8 Å². The molecule has 3 fully saturated rings. The van der Waals surface area contributed by atoms with E-state index in [1.165, 1.54) is 7.11 Å². The van der Waals surface area contributed by atoms with Crippen molar-refractivity contribution in [3.05, 3.63) is 24.3 Å². The molecule has 0 bridgehead atoms. The molecule has 4 heterocycles. The number of rotatable bonds is 16.